The van der Waals surface area contributed by atoms with E-state index in [0.29, 0.717) is 18.8 Å². The molecule has 1 aliphatic heterocycles. The number of pyridine rings is 1. The van der Waals surface area contributed by atoms with Crippen molar-refractivity contribution >= 4 is 21.9 Å². The third-order valence-electron chi connectivity index (χ3n) is 6.16. The van der Waals surface area contributed by atoms with Crippen molar-refractivity contribution in [2.75, 3.05) is 13.1 Å². The van der Waals surface area contributed by atoms with Gasteiger partial charge in [0.1, 0.15) is 4.90 Å². The Labute approximate surface area is 178 Å². The molecule has 3 unspecified atom stereocenters. The molecule has 30 heavy (non-hydrogen) atoms. The fourth-order valence-electron chi connectivity index (χ4n) is 4.14. The molecule has 3 atom stereocenters. The highest BCUT2D eigenvalue weighted by molar-refractivity contribution is 7.89. The smallest absolute Gasteiger partial charge is 0.309 e. The maximum Gasteiger partial charge on any atom is 0.309 e. The first-order chi connectivity index (χ1) is 14.3. The molecular weight excluding hydrogens is 406 g/mol. The van der Waals surface area contributed by atoms with Crippen LogP contribution in [0.3, 0.4) is 0 Å². The molecule has 1 aromatic heterocycles. The molecule has 1 amide bonds. The molecule has 1 aromatic rings. The third-order valence-corrected chi connectivity index (χ3v) is 8.04. The number of ether oxygens (including phenoxy) is 1. The lowest BCUT2D eigenvalue weighted by Gasteiger charge is -2.31. The van der Waals surface area contributed by atoms with Gasteiger partial charge < -0.3 is 10.1 Å². The number of esters is 1. The lowest BCUT2D eigenvalue weighted by atomic mass is 9.86. The standard InChI is InChI=1S/C21H31N3O5S/c1-15-6-3-4-8-19(15)23-20(25)16(2)29-21(26)17-9-12-24(13-10-17)30(27,28)18-7-5-11-22-14-18/h5,7,11,14-17,19H,3-4,6,8-10,12-13H2,1-2H3,(H,23,25). The van der Waals surface area contributed by atoms with E-state index < -0.39 is 28.0 Å². The minimum absolute atomic E-state index is 0.133. The monoisotopic (exact) mass is 437 g/mol. The molecule has 9 heteroatoms. The number of nitrogens with zero attached hydrogens (tertiary/aromatic N) is 2. The number of carbonyl (C=O) groups excluding carboxylic acids is 2. The topological polar surface area (TPSA) is 106 Å². The second kappa shape index (κ2) is 9.87. The van der Waals surface area contributed by atoms with E-state index in [9.17, 15) is 18.0 Å². The maximum absolute atomic E-state index is 12.7. The molecule has 166 valence electrons. The number of carbonyl (C=O) groups is 2. The average molecular weight is 438 g/mol. The second-order valence-corrected chi connectivity index (χ2v) is 10.3. The first-order valence-electron chi connectivity index (χ1n) is 10.7. The summed E-state index contributed by atoms with van der Waals surface area (Å²) in [5.41, 5.74) is 0. The summed E-state index contributed by atoms with van der Waals surface area (Å²) in [5, 5.41) is 3.01. The summed E-state index contributed by atoms with van der Waals surface area (Å²) in [6.45, 7) is 4.19. The molecule has 2 aliphatic rings. The molecule has 2 heterocycles. The van der Waals surface area contributed by atoms with Gasteiger partial charge in [-0.15, -0.1) is 0 Å². The zero-order chi connectivity index (χ0) is 21.7. The van der Waals surface area contributed by atoms with E-state index in [0.717, 1.165) is 19.3 Å². The van der Waals surface area contributed by atoms with Gasteiger partial charge in [-0.3, -0.25) is 14.6 Å². The normalized spacial score (nSPS) is 24.7. The number of hydrogen-bond acceptors (Lipinski definition) is 6. The van der Waals surface area contributed by atoms with Gasteiger partial charge in [0.25, 0.3) is 5.91 Å². The van der Waals surface area contributed by atoms with Crippen molar-refractivity contribution in [3.05, 3.63) is 24.5 Å². The number of rotatable bonds is 6. The van der Waals surface area contributed by atoms with Crippen LogP contribution < -0.4 is 5.32 Å². The summed E-state index contributed by atoms with van der Waals surface area (Å²) in [7, 11) is -3.61. The van der Waals surface area contributed by atoms with Crippen LogP contribution in [0.2, 0.25) is 0 Å². The van der Waals surface area contributed by atoms with Gasteiger partial charge in [0.2, 0.25) is 10.0 Å². The van der Waals surface area contributed by atoms with Crippen molar-refractivity contribution in [3.8, 4) is 0 Å². The van der Waals surface area contributed by atoms with Gasteiger partial charge in [-0.05, 0) is 50.7 Å². The highest BCUT2D eigenvalue weighted by Gasteiger charge is 2.34. The molecule has 1 saturated carbocycles. The van der Waals surface area contributed by atoms with Gasteiger partial charge in [0.05, 0.1) is 5.92 Å². The number of hydrogen-bond donors (Lipinski definition) is 1. The number of amides is 1. The van der Waals surface area contributed by atoms with E-state index in [1.54, 1.807) is 13.0 Å². The van der Waals surface area contributed by atoms with E-state index in [1.165, 1.54) is 29.2 Å². The molecule has 8 nitrogen and oxygen atoms in total. The third kappa shape index (κ3) is 5.37. The Morgan fingerprint density at radius 1 is 1.20 bits per heavy atom. The Morgan fingerprint density at radius 2 is 1.90 bits per heavy atom. The van der Waals surface area contributed by atoms with Gasteiger partial charge in [-0.1, -0.05) is 19.8 Å². The fourth-order valence-corrected chi connectivity index (χ4v) is 5.57. The van der Waals surface area contributed by atoms with Gasteiger partial charge in [0.15, 0.2) is 6.10 Å². The lowest BCUT2D eigenvalue weighted by Crippen LogP contribution is -2.47. The molecule has 1 aliphatic carbocycles. The van der Waals surface area contributed by atoms with Crippen LogP contribution in [-0.4, -0.2) is 54.8 Å². The first-order valence-corrected chi connectivity index (χ1v) is 12.1. The van der Waals surface area contributed by atoms with Crippen molar-refractivity contribution < 1.29 is 22.7 Å². The Hall–Kier alpha value is -2.00. The Balaban J connectivity index is 1.48. The minimum atomic E-state index is -3.61. The maximum atomic E-state index is 12.7. The summed E-state index contributed by atoms with van der Waals surface area (Å²) in [5.74, 6) is -0.683. The average Bonchev–Trinajstić information content (AvgIpc) is 2.76. The predicted octanol–water partition coefficient (Wildman–Crippen LogP) is 2.11. The van der Waals surface area contributed by atoms with E-state index in [2.05, 4.69) is 17.2 Å². The van der Waals surface area contributed by atoms with E-state index in [1.807, 2.05) is 0 Å². The van der Waals surface area contributed by atoms with E-state index >= 15 is 0 Å². The van der Waals surface area contributed by atoms with Crippen LogP contribution in [0.25, 0.3) is 0 Å². The number of piperidine rings is 1. The largest absolute Gasteiger partial charge is 0.452 e. The van der Waals surface area contributed by atoms with Crippen LogP contribution in [0, 0.1) is 11.8 Å². The Kier molecular flexibility index (Phi) is 7.46. The molecule has 1 saturated heterocycles. The zero-order valence-electron chi connectivity index (χ0n) is 17.6. The molecule has 0 spiro atoms. The van der Waals surface area contributed by atoms with E-state index in [4.69, 9.17) is 4.74 Å². The predicted molar refractivity (Wildman–Crippen MR) is 111 cm³/mol. The van der Waals surface area contributed by atoms with Crippen molar-refractivity contribution in [1.82, 2.24) is 14.6 Å². The molecule has 0 bridgehead atoms. The number of aromatic nitrogens is 1. The fraction of sp³-hybridized carbons (Fsp3) is 0.667. The van der Waals surface area contributed by atoms with Crippen LogP contribution in [-0.2, 0) is 24.3 Å². The van der Waals surface area contributed by atoms with Crippen molar-refractivity contribution in [3.63, 3.8) is 0 Å². The van der Waals surface area contributed by atoms with Crippen molar-refractivity contribution in [2.24, 2.45) is 11.8 Å². The van der Waals surface area contributed by atoms with E-state index in [-0.39, 0.29) is 29.9 Å². The number of nitrogens with one attached hydrogen (secondary N) is 1. The van der Waals surface area contributed by atoms with Crippen LogP contribution in [0.15, 0.2) is 29.4 Å². The summed E-state index contributed by atoms with van der Waals surface area (Å²) in [6, 6.07) is 3.22. The van der Waals surface area contributed by atoms with Gasteiger partial charge in [0, 0.05) is 31.5 Å². The number of sulfonamides is 1. The molecule has 3 rings (SSSR count). The SMILES string of the molecule is CC(OC(=O)C1CCN(S(=O)(=O)c2cccnc2)CC1)C(=O)NC1CCCCC1C. The molecule has 1 N–H and O–H groups in total. The molecule has 0 aromatic carbocycles. The molecule has 0 radical (unpaired) electrons. The summed E-state index contributed by atoms with van der Waals surface area (Å²) >= 11 is 0. The molecular formula is C21H31N3O5S. The van der Waals surface area contributed by atoms with Gasteiger partial charge in [-0.2, -0.15) is 4.31 Å². The second-order valence-electron chi connectivity index (χ2n) is 8.32. The summed E-state index contributed by atoms with van der Waals surface area (Å²) in [4.78, 5) is 29.0. The van der Waals surface area contributed by atoms with Crippen LogP contribution >= 0.6 is 0 Å². The Morgan fingerprint density at radius 3 is 2.53 bits per heavy atom. The Bertz CT molecular complexity index is 837. The zero-order valence-corrected chi connectivity index (χ0v) is 18.4. The van der Waals surface area contributed by atoms with Crippen LogP contribution in [0.4, 0.5) is 0 Å². The summed E-state index contributed by atoms with van der Waals surface area (Å²) < 4.78 is 32.1. The first kappa shape index (κ1) is 22.7. The lowest BCUT2D eigenvalue weighted by molar-refractivity contribution is -0.160. The van der Waals surface area contributed by atoms with Gasteiger partial charge >= 0.3 is 5.97 Å². The minimum Gasteiger partial charge on any atom is -0.452 e. The van der Waals surface area contributed by atoms with Crippen molar-refractivity contribution in [1.29, 1.82) is 0 Å². The van der Waals surface area contributed by atoms with Crippen molar-refractivity contribution in [2.45, 2.75) is 69.4 Å². The highest BCUT2D eigenvalue weighted by atomic mass is 32.2. The van der Waals surface area contributed by atoms with Crippen LogP contribution in [0.1, 0.15) is 52.4 Å². The van der Waals surface area contributed by atoms with Gasteiger partial charge in [-0.25, -0.2) is 8.42 Å². The molecule has 2 fully saturated rings. The summed E-state index contributed by atoms with van der Waals surface area (Å²) in [6.07, 6.45) is 7.06. The van der Waals surface area contributed by atoms with Crippen LogP contribution in [0.5, 0.6) is 0 Å². The quantitative estimate of drug-likeness (QED) is 0.684. The highest BCUT2D eigenvalue weighted by Crippen LogP contribution is 2.26.